The van der Waals surface area contributed by atoms with E-state index in [4.69, 9.17) is 0 Å². The summed E-state index contributed by atoms with van der Waals surface area (Å²) in [7, 11) is -8.20. The molecule has 29 heavy (non-hydrogen) atoms. The number of aromatic carboxylic acids is 2. The quantitative estimate of drug-likeness (QED) is 0.655. The Morgan fingerprint density at radius 2 is 1.00 bits per heavy atom. The molecule has 2 rings (SSSR count). The summed E-state index contributed by atoms with van der Waals surface area (Å²) in [5, 5.41) is 20.0. The van der Waals surface area contributed by atoms with Gasteiger partial charge in [-0.15, -0.1) is 0 Å². The molecule has 0 spiro atoms. The van der Waals surface area contributed by atoms with E-state index >= 15 is 0 Å². The van der Waals surface area contributed by atoms with Gasteiger partial charge in [-0.25, -0.2) is 18.0 Å². The summed E-state index contributed by atoms with van der Waals surface area (Å²) in [4.78, 5) is 23.2. The Morgan fingerprint density at radius 1 is 0.690 bits per heavy atom. The second kappa shape index (κ2) is 7.54. The minimum absolute atomic E-state index is 0.0181. The largest absolute Gasteiger partial charge is 0.478 e. The van der Waals surface area contributed by atoms with E-state index in [9.17, 15) is 28.2 Å². The molecule has 0 saturated carbocycles. The average molecular weight is 451 g/mol. The highest BCUT2D eigenvalue weighted by Crippen LogP contribution is 2.23. The van der Waals surface area contributed by atoms with Gasteiger partial charge in [0.1, 0.15) is 0 Å². The molecular weight excluding hydrogens is 424 g/mol. The lowest BCUT2D eigenvalue weighted by atomic mass is 10.2. The molecule has 0 amide bonds. The standard InChI is InChI=1S/C20H26O6SSi2/c1-28(2,3)17-11-13(7-9-15(17)19(21)22)27(25,26)14-8-10-16(20(23)24)18(12-14)29(4,5)6/h7-12H,1-6H3,(H,21,22)(H,23,24). The number of hydrogen-bond donors (Lipinski definition) is 2. The van der Waals surface area contributed by atoms with E-state index in [1.165, 1.54) is 36.4 Å². The number of carbonyl (C=O) groups is 2. The van der Waals surface area contributed by atoms with Crippen LogP contribution < -0.4 is 10.4 Å². The monoisotopic (exact) mass is 450 g/mol. The van der Waals surface area contributed by atoms with Crippen molar-refractivity contribution in [1.29, 1.82) is 0 Å². The van der Waals surface area contributed by atoms with Crippen molar-refractivity contribution in [1.82, 2.24) is 0 Å². The Balaban J connectivity index is 2.74. The van der Waals surface area contributed by atoms with Crippen molar-refractivity contribution < 1.29 is 28.2 Å². The van der Waals surface area contributed by atoms with Crippen LogP contribution in [0.25, 0.3) is 0 Å². The fraction of sp³-hybridized carbons (Fsp3) is 0.300. The maximum atomic E-state index is 13.3. The summed E-state index contributed by atoms with van der Waals surface area (Å²) in [5.41, 5.74) is 0.235. The van der Waals surface area contributed by atoms with E-state index < -0.39 is 37.9 Å². The first-order chi connectivity index (χ1) is 13.1. The van der Waals surface area contributed by atoms with E-state index in [2.05, 4.69) is 0 Å². The summed E-state index contributed by atoms with van der Waals surface area (Å²) in [5.74, 6) is -2.17. The second-order valence-electron chi connectivity index (χ2n) is 9.03. The highest BCUT2D eigenvalue weighted by atomic mass is 32.2. The molecular formula is C20H26O6SSi2. The maximum Gasteiger partial charge on any atom is 0.335 e. The zero-order chi connectivity index (χ0) is 22.4. The fourth-order valence-corrected chi connectivity index (χ4v) is 7.83. The molecule has 0 bridgehead atoms. The average Bonchev–Trinajstić information content (AvgIpc) is 2.58. The van der Waals surface area contributed by atoms with E-state index in [0.717, 1.165) is 0 Å². The molecule has 2 aromatic rings. The van der Waals surface area contributed by atoms with Gasteiger partial charge in [-0.3, -0.25) is 0 Å². The number of rotatable bonds is 6. The van der Waals surface area contributed by atoms with Crippen LogP contribution in [0.3, 0.4) is 0 Å². The van der Waals surface area contributed by atoms with Crippen LogP contribution in [0.15, 0.2) is 46.2 Å². The molecule has 2 aromatic carbocycles. The summed E-state index contributed by atoms with van der Waals surface area (Å²) < 4.78 is 26.6. The summed E-state index contributed by atoms with van der Waals surface area (Å²) in [6.07, 6.45) is 0. The lowest BCUT2D eigenvalue weighted by Gasteiger charge is -2.22. The Kier molecular flexibility index (Phi) is 6.00. The van der Waals surface area contributed by atoms with Crippen LogP contribution in [-0.4, -0.2) is 46.7 Å². The first-order valence-electron chi connectivity index (χ1n) is 9.07. The second-order valence-corrected chi connectivity index (χ2v) is 21.1. The van der Waals surface area contributed by atoms with Crippen molar-refractivity contribution in [2.24, 2.45) is 0 Å². The van der Waals surface area contributed by atoms with Gasteiger partial charge in [-0.1, -0.05) is 39.3 Å². The van der Waals surface area contributed by atoms with Crippen LogP contribution in [0.4, 0.5) is 0 Å². The third-order valence-corrected chi connectivity index (χ3v) is 10.5. The molecule has 0 atom stereocenters. The molecule has 0 aliphatic carbocycles. The molecule has 0 radical (unpaired) electrons. The van der Waals surface area contributed by atoms with Crippen LogP contribution in [0, 0.1) is 0 Å². The van der Waals surface area contributed by atoms with Crippen LogP contribution in [-0.2, 0) is 9.84 Å². The summed E-state index contributed by atoms with van der Waals surface area (Å²) in [6.45, 7) is 11.7. The van der Waals surface area contributed by atoms with Gasteiger partial charge in [0.2, 0.25) is 9.84 Å². The minimum Gasteiger partial charge on any atom is -0.478 e. The Hall–Kier alpha value is -2.24. The third kappa shape index (κ3) is 4.68. The maximum absolute atomic E-state index is 13.3. The Labute approximate surface area is 173 Å². The smallest absolute Gasteiger partial charge is 0.335 e. The molecule has 0 fully saturated rings. The molecule has 156 valence electrons. The number of sulfone groups is 1. The lowest BCUT2D eigenvalue weighted by Crippen LogP contribution is -2.42. The molecule has 0 aromatic heterocycles. The van der Waals surface area contributed by atoms with E-state index in [1.54, 1.807) is 0 Å². The highest BCUT2D eigenvalue weighted by molar-refractivity contribution is 7.91. The number of benzene rings is 2. The van der Waals surface area contributed by atoms with E-state index in [0.29, 0.717) is 10.4 Å². The predicted octanol–water partition coefficient (Wildman–Crippen LogP) is 3.01. The zero-order valence-electron chi connectivity index (χ0n) is 17.4. The van der Waals surface area contributed by atoms with Crippen molar-refractivity contribution >= 4 is 48.3 Å². The normalized spacial score (nSPS) is 12.6. The van der Waals surface area contributed by atoms with Crippen LogP contribution in [0.5, 0.6) is 0 Å². The molecule has 6 nitrogen and oxygen atoms in total. The number of carboxylic acids is 2. The lowest BCUT2D eigenvalue weighted by molar-refractivity contribution is 0.0687. The van der Waals surface area contributed by atoms with Crippen LogP contribution >= 0.6 is 0 Å². The molecule has 2 N–H and O–H groups in total. The van der Waals surface area contributed by atoms with Gasteiger partial charge in [0.25, 0.3) is 0 Å². The van der Waals surface area contributed by atoms with Crippen LogP contribution in [0.1, 0.15) is 20.7 Å². The van der Waals surface area contributed by atoms with Crippen molar-refractivity contribution in [2.45, 2.75) is 49.1 Å². The van der Waals surface area contributed by atoms with Crippen LogP contribution in [0.2, 0.25) is 39.3 Å². The van der Waals surface area contributed by atoms with Gasteiger partial charge in [0.15, 0.2) is 0 Å². The van der Waals surface area contributed by atoms with Crippen molar-refractivity contribution in [3.8, 4) is 0 Å². The van der Waals surface area contributed by atoms with Gasteiger partial charge < -0.3 is 10.2 Å². The van der Waals surface area contributed by atoms with Gasteiger partial charge in [0.05, 0.1) is 37.1 Å². The summed E-state index contributed by atoms with van der Waals surface area (Å²) >= 11 is 0. The highest BCUT2D eigenvalue weighted by Gasteiger charge is 2.29. The van der Waals surface area contributed by atoms with Gasteiger partial charge in [-0.2, -0.15) is 0 Å². The van der Waals surface area contributed by atoms with Crippen molar-refractivity contribution in [3.63, 3.8) is 0 Å². The topological polar surface area (TPSA) is 109 Å². The van der Waals surface area contributed by atoms with Gasteiger partial charge in [0, 0.05) is 0 Å². The van der Waals surface area contributed by atoms with E-state index in [1.807, 2.05) is 39.3 Å². The Bertz CT molecular complexity index is 1010. The molecule has 0 aliphatic rings. The fourth-order valence-electron chi connectivity index (χ4n) is 3.13. The van der Waals surface area contributed by atoms with Gasteiger partial charge in [-0.05, 0) is 46.8 Å². The number of hydrogen-bond acceptors (Lipinski definition) is 4. The zero-order valence-corrected chi connectivity index (χ0v) is 20.2. The minimum atomic E-state index is -3.93. The van der Waals surface area contributed by atoms with Crippen molar-refractivity contribution in [2.75, 3.05) is 0 Å². The third-order valence-electron chi connectivity index (χ3n) is 4.68. The molecule has 0 heterocycles. The Morgan fingerprint density at radius 3 is 1.24 bits per heavy atom. The first kappa shape index (κ1) is 23.0. The first-order valence-corrected chi connectivity index (χ1v) is 17.6. The molecule has 0 aliphatic heterocycles. The molecule has 0 saturated heterocycles. The number of carboxylic acid groups (broad SMARTS) is 2. The van der Waals surface area contributed by atoms with Gasteiger partial charge >= 0.3 is 11.9 Å². The summed E-state index contributed by atoms with van der Waals surface area (Å²) in [6, 6.07) is 8.22. The molecule has 9 heteroatoms. The van der Waals surface area contributed by atoms with Crippen molar-refractivity contribution in [3.05, 3.63) is 47.5 Å². The predicted molar refractivity (Wildman–Crippen MR) is 118 cm³/mol. The SMILES string of the molecule is C[Si](C)(C)c1cc(S(=O)(=O)c2ccc(C(=O)O)c([Si](C)(C)C)c2)ccc1C(=O)O. The van der Waals surface area contributed by atoms with E-state index in [-0.39, 0.29) is 20.9 Å². The molecule has 0 unspecified atom stereocenters.